The first kappa shape index (κ1) is 16.7. The molecule has 0 saturated carbocycles. The summed E-state index contributed by atoms with van der Waals surface area (Å²) >= 11 is 5.60. The SMILES string of the molecule is Cc1ccc(NC(=O)COc2ccc(F)c(Cl)c2)cc1[N+](=O)[O-]. The molecular formula is C15H12ClFN2O4. The van der Waals surface area contributed by atoms with Crippen LogP contribution >= 0.6 is 11.6 Å². The molecule has 2 aromatic rings. The summed E-state index contributed by atoms with van der Waals surface area (Å²) in [5, 5.41) is 13.2. The van der Waals surface area contributed by atoms with Gasteiger partial charge in [0.25, 0.3) is 11.6 Å². The highest BCUT2D eigenvalue weighted by Gasteiger charge is 2.12. The maximum Gasteiger partial charge on any atom is 0.274 e. The highest BCUT2D eigenvalue weighted by molar-refractivity contribution is 6.30. The minimum Gasteiger partial charge on any atom is -0.484 e. The van der Waals surface area contributed by atoms with E-state index < -0.39 is 16.6 Å². The van der Waals surface area contributed by atoms with Crippen molar-refractivity contribution in [2.24, 2.45) is 0 Å². The minimum absolute atomic E-state index is 0.0889. The Morgan fingerprint density at radius 3 is 2.74 bits per heavy atom. The number of benzene rings is 2. The van der Waals surface area contributed by atoms with Gasteiger partial charge < -0.3 is 10.1 Å². The molecule has 0 aliphatic heterocycles. The summed E-state index contributed by atoms with van der Waals surface area (Å²) in [5.74, 6) is -0.861. The van der Waals surface area contributed by atoms with Crippen molar-refractivity contribution >= 4 is 28.9 Å². The Kier molecular flexibility index (Phi) is 5.13. The van der Waals surface area contributed by atoms with Crippen LogP contribution in [-0.2, 0) is 4.79 Å². The Bertz CT molecular complexity index is 767. The normalized spacial score (nSPS) is 10.2. The zero-order valence-electron chi connectivity index (χ0n) is 12.0. The number of hydrogen-bond donors (Lipinski definition) is 1. The molecule has 0 saturated heterocycles. The Hall–Kier alpha value is -2.67. The van der Waals surface area contributed by atoms with E-state index in [2.05, 4.69) is 5.32 Å². The summed E-state index contributed by atoms with van der Waals surface area (Å²) < 4.78 is 18.2. The van der Waals surface area contributed by atoms with E-state index in [-0.39, 0.29) is 28.8 Å². The number of anilines is 1. The molecule has 8 heteroatoms. The summed E-state index contributed by atoms with van der Waals surface area (Å²) in [6.45, 7) is 1.26. The molecule has 0 spiro atoms. The third kappa shape index (κ3) is 4.40. The summed E-state index contributed by atoms with van der Waals surface area (Å²) in [5.41, 5.74) is 0.687. The van der Waals surface area contributed by atoms with Crippen molar-refractivity contribution < 1.29 is 18.8 Å². The topological polar surface area (TPSA) is 81.5 Å². The molecule has 6 nitrogen and oxygen atoms in total. The third-order valence-corrected chi connectivity index (χ3v) is 3.24. The standard InChI is InChI=1S/C15H12ClFN2O4/c1-9-2-3-10(6-14(9)19(21)22)18-15(20)8-23-11-4-5-13(17)12(16)7-11/h2-7H,8H2,1H3,(H,18,20). The smallest absolute Gasteiger partial charge is 0.274 e. The summed E-state index contributed by atoms with van der Waals surface area (Å²) in [6, 6.07) is 8.07. The van der Waals surface area contributed by atoms with Crippen molar-refractivity contribution in [1.82, 2.24) is 0 Å². The number of ether oxygens (including phenoxy) is 1. The Morgan fingerprint density at radius 2 is 2.09 bits per heavy atom. The Balaban J connectivity index is 1.98. The lowest BCUT2D eigenvalue weighted by molar-refractivity contribution is -0.385. The number of nitrogens with one attached hydrogen (secondary N) is 1. The lowest BCUT2D eigenvalue weighted by Gasteiger charge is -2.08. The summed E-state index contributed by atoms with van der Waals surface area (Å²) in [7, 11) is 0. The van der Waals surface area contributed by atoms with Crippen LogP contribution in [-0.4, -0.2) is 17.4 Å². The second-order valence-electron chi connectivity index (χ2n) is 4.67. The van der Waals surface area contributed by atoms with Gasteiger partial charge in [0.2, 0.25) is 0 Å². The molecular weight excluding hydrogens is 327 g/mol. The third-order valence-electron chi connectivity index (χ3n) is 2.95. The molecule has 0 unspecified atom stereocenters. The molecule has 0 heterocycles. The van der Waals surface area contributed by atoms with Crippen LogP contribution in [0.3, 0.4) is 0 Å². The van der Waals surface area contributed by atoms with Crippen molar-refractivity contribution in [3.8, 4) is 5.75 Å². The fourth-order valence-electron chi connectivity index (χ4n) is 1.80. The molecule has 120 valence electrons. The van der Waals surface area contributed by atoms with Crippen LogP contribution < -0.4 is 10.1 Å². The first-order valence-corrected chi connectivity index (χ1v) is 6.87. The van der Waals surface area contributed by atoms with Gasteiger partial charge in [-0.05, 0) is 25.1 Å². The van der Waals surface area contributed by atoms with Gasteiger partial charge in [-0.1, -0.05) is 17.7 Å². The van der Waals surface area contributed by atoms with Crippen LogP contribution in [0.4, 0.5) is 15.8 Å². The van der Waals surface area contributed by atoms with E-state index in [1.165, 1.54) is 24.3 Å². The van der Waals surface area contributed by atoms with Crippen molar-refractivity contribution in [2.45, 2.75) is 6.92 Å². The van der Waals surface area contributed by atoms with Gasteiger partial charge in [-0.25, -0.2) is 4.39 Å². The summed E-state index contributed by atoms with van der Waals surface area (Å²) in [6.07, 6.45) is 0. The molecule has 2 rings (SSSR count). The van der Waals surface area contributed by atoms with E-state index >= 15 is 0 Å². The number of carbonyl (C=O) groups excluding carboxylic acids is 1. The first-order valence-electron chi connectivity index (χ1n) is 6.49. The molecule has 0 radical (unpaired) electrons. The number of halogens is 2. The molecule has 1 amide bonds. The average Bonchev–Trinajstić information content (AvgIpc) is 2.50. The largest absolute Gasteiger partial charge is 0.484 e. The first-order chi connectivity index (χ1) is 10.9. The molecule has 0 aliphatic carbocycles. The molecule has 0 fully saturated rings. The van der Waals surface area contributed by atoms with E-state index in [0.717, 1.165) is 6.07 Å². The minimum atomic E-state index is -0.588. The fraction of sp³-hybridized carbons (Fsp3) is 0.133. The van der Waals surface area contributed by atoms with Gasteiger partial charge in [-0.3, -0.25) is 14.9 Å². The monoisotopic (exact) mass is 338 g/mol. The maximum atomic E-state index is 13.0. The molecule has 0 atom stereocenters. The van der Waals surface area contributed by atoms with Crippen LogP contribution in [0.15, 0.2) is 36.4 Å². The number of hydrogen-bond acceptors (Lipinski definition) is 4. The van der Waals surface area contributed by atoms with Gasteiger partial charge in [-0.2, -0.15) is 0 Å². The predicted molar refractivity (Wildman–Crippen MR) is 83.4 cm³/mol. The molecule has 1 N–H and O–H groups in total. The molecule has 0 aromatic heterocycles. The zero-order valence-corrected chi connectivity index (χ0v) is 12.8. The van der Waals surface area contributed by atoms with E-state index in [1.807, 2.05) is 0 Å². The Labute approximate surface area is 136 Å². The van der Waals surface area contributed by atoms with Gasteiger partial charge >= 0.3 is 0 Å². The van der Waals surface area contributed by atoms with Gasteiger partial charge in [0.15, 0.2) is 6.61 Å². The van der Waals surface area contributed by atoms with Gasteiger partial charge in [0.05, 0.1) is 9.95 Å². The lowest BCUT2D eigenvalue weighted by Crippen LogP contribution is -2.20. The number of amides is 1. The van der Waals surface area contributed by atoms with Crippen molar-refractivity contribution in [2.75, 3.05) is 11.9 Å². The van der Waals surface area contributed by atoms with Gasteiger partial charge in [0.1, 0.15) is 11.6 Å². The number of nitrogens with zero attached hydrogens (tertiary/aromatic N) is 1. The molecule has 0 aliphatic rings. The summed E-state index contributed by atoms with van der Waals surface area (Å²) in [4.78, 5) is 22.1. The van der Waals surface area contributed by atoms with Crippen molar-refractivity contribution in [1.29, 1.82) is 0 Å². The van der Waals surface area contributed by atoms with Crippen LogP contribution in [0.25, 0.3) is 0 Å². The van der Waals surface area contributed by atoms with Crippen LogP contribution in [0.2, 0.25) is 5.02 Å². The van der Waals surface area contributed by atoms with Crippen LogP contribution in [0.1, 0.15) is 5.56 Å². The number of carbonyl (C=O) groups is 1. The van der Waals surface area contributed by atoms with Gasteiger partial charge in [-0.15, -0.1) is 0 Å². The molecule has 0 bridgehead atoms. The van der Waals surface area contributed by atoms with Crippen LogP contribution in [0.5, 0.6) is 5.75 Å². The van der Waals surface area contributed by atoms with E-state index in [9.17, 15) is 19.3 Å². The quantitative estimate of drug-likeness (QED) is 0.665. The average molecular weight is 339 g/mol. The molecule has 2 aromatic carbocycles. The lowest BCUT2D eigenvalue weighted by atomic mass is 10.2. The highest BCUT2D eigenvalue weighted by atomic mass is 35.5. The van der Waals surface area contributed by atoms with Crippen molar-refractivity contribution in [3.63, 3.8) is 0 Å². The fourth-order valence-corrected chi connectivity index (χ4v) is 1.97. The van der Waals surface area contributed by atoms with E-state index in [4.69, 9.17) is 16.3 Å². The second kappa shape index (κ2) is 7.06. The Morgan fingerprint density at radius 1 is 1.35 bits per heavy atom. The number of rotatable bonds is 5. The predicted octanol–water partition coefficient (Wildman–Crippen LogP) is 3.71. The van der Waals surface area contributed by atoms with Gasteiger partial charge in [0, 0.05) is 23.4 Å². The molecule has 23 heavy (non-hydrogen) atoms. The van der Waals surface area contributed by atoms with E-state index in [1.54, 1.807) is 13.0 Å². The van der Waals surface area contributed by atoms with Crippen LogP contribution in [0, 0.1) is 22.9 Å². The number of aryl methyl sites for hydroxylation is 1. The zero-order chi connectivity index (χ0) is 17.0. The number of nitro benzene ring substituents is 1. The second-order valence-corrected chi connectivity index (χ2v) is 5.08. The maximum absolute atomic E-state index is 13.0. The number of nitro groups is 1. The van der Waals surface area contributed by atoms with Crippen molar-refractivity contribution in [3.05, 3.63) is 62.9 Å². The highest BCUT2D eigenvalue weighted by Crippen LogP contribution is 2.23. The van der Waals surface area contributed by atoms with E-state index in [0.29, 0.717) is 5.56 Å².